The second-order valence-electron chi connectivity index (χ2n) is 7.67. The molecule has 1 aliphatic heterocycles. The Labute approximate surface area is 113 Å². The summed E-state index contributed by atoms with van der Waals surface area (Å²) in [5.74, 6) is 0.539. The molecule has 2 N–H and O–H groups in total. The van der Waals surface area contributed by atoms with E-state index in [0.717, 1.165) is 39.0 Å². The molecular formula is C15H32N2O. The molecule has 3 nitrogen and oxygen atoms in total. The van der Waals surface area contributed by atoms with E-state index < -0.39 is 0 Å². The Morgan fingerprint density at radius 3 is 2.11 bits per heavy atom. The summed E-state index contributed by atoms with van der Waals surface area (Å²) < 4.78 is 0. The molecule has 0 aromatic rings. The van der Waals surface area contributed by atoms with Crippen LogP contribution in [-0.2, 0) is 0 Å². The summed E-state index contributed by atoms with van der Waals surface area (Å²) in [5.41, 5.74) is 0.500. The van der Waals surface area contributed by atoms with Crippen LogP contribution in [0.4, 0.5) is 0 Å². The van der Waals surface area contributed by atoms with Crippen LogP contribution in [0.3, 0.4) is 0 Å². The summed E-state index contributed by atoms with van der Waals surface area (Å²) in [6.07, 6.45) is 2.30. The lowest BCUT2D eigenvalue weighted by Gasteiger charge is -2.38. The van der Waals surface area contributed by atoms with E-state index in [1.807, 2.05) is 0 Å². The van der Waals surface area contributed by atoms with Gasteiger partial charge in [0, 0.05) is 25.2 Å². The van der Waals surface area contributed by atoms with Crippen molar-refractivity contribution in [2.24, 2.45) is 11.3 Å². The van der Waals surface area contributed by atoms with Gasteiger partial charge in [-0.1, -0.05) is 13.8 Å². The SMILES string of the molecule is CC(C)(CNC(C)(C)C)CN1CCC(CO)CC1. The number of hydrogen-bond donors (Lipinski definition) is 2. The Morgan fingerprint density at radius 1 is 1.11 bits per heavy atom. The summed E-state index contributed by atoms with van der Waals surface area (Å²) in [7, 11) is 0. The fraction of sp³-hybridized carbons (Fsp3) is 1.00. The van der Waals surface area contributed by atoms with E-state index in [2.05, 4.69) is 44.8 Å². The van der Waals surface area contributed by atoms with Crippen molar-refractivity contribution >= 4 is 0 Å². The van der Waals surface area contributed by atoms with E-state index in [1.165, 1.54) is 0 Å². The largest absolute Gasteiger partial charge is 0.396 e. The maximum atomic E-state index is 9.16. The lowest BCUT2D eigenvalue weighted by Crippen LogP contribution is -2.47. The minimum Gasteiger partial charge on any atom is -0.396 e. The second-order valence-corrected chi connectivity index (χ2v) is 7.67. The third kappa shape index (κ3) is 6.17. The normalized spacial score (nSPS) is 20.3. The Morgan fingerprint density at radius 2 is 1.67 bits per heavy atom. The smallest absolute Gasteiger partial charge is 0.0460 e. The Balaban J connectivity index is 2.32. The molecule has 0 saturated carbocycles. The van der Waals surface area contributed by atoms with Crippen LogP contribution in [0, 0.1) is 11.3 Å². The van der Waals surface area contributed by atoms with E-state index in [9.17, 15) is 0 Å². The van der Waals surface area contributed by atoms with Gasteiger partial charge in [0.05, 0.1) is 0 Å². The molecule has 1 rings (SSSR count). The van der Waals surface area contributed by atoms with Crippen LogP contribution in [0.25, 0.3) is 0 Å². The molecule has 0 unspecified atom stereocenters. The Kier molecular flexibility index (Phi) is 5.63. The van der Waals surface area contributed by atoms with Gasteiger partial charge in [0.1, 0.15) is 0 Å². The molecule has 0 amide bonds. The molecule has 1 saturated heterocycles. The van der Waals surface area contributed by atoms with E-state index in [-0.39, 0.29) is 5.54 Å². The minimum atomic E-state index is 0.196. The number of piperidine rings is 1. The fourth-order valence-electron chi connectivity index (χ4n) is 2.49. The highest BCUT2D eigenvalue weighted by molar-refractivity contribution is 4.82. The molecular weight excluding hydrogens is 224 g/mol. The monoisotopic (exact) mass is 256 g/mol. The zero-order chi connectivity index (χ0) is 13.8. The van der Waals surface area contributed by atoms with Crippen LogP contribution in [0.15, 0.2) is 0 Å². The lowest BCUT2D eigenvalue weighted by molar-refractivity contribution is 0.0976. The first kappa shape index (κ1) is 15.9. The first-order valence-electron chi connectivity index (χ1n) is 7.30. The molecule has 0 aromatic heterocycles. The second kappa shape index (κ2) is 6.36. The number of aliphatic hydroxyl groups excluding tert-OH is 1. The van der Waals surface area contributed by atoms with Crippen molar-refractivity contribution in [3.8, 4) is 0 Å². The third-order valence-corrected chi connectivity index (χ3v) is 3.71. The molecule has 0 bridgehead atoms. The maximum Gasteiger partial charge on any atom is 0.0460 e. The van der Waals surface area contributed by atoms with Crippen molar-refractivity contribution in [1.29, 1.82) is 0 Å². The minimum absolute atomic E-state index is 0.196. The summed E-state index contributed by atoms with van der Waals surface area (Å²) in [6, 6.07) is 0. The Bertz CT molecular complexity index is 237. The van der Waals surface area contributed by atoms with Crippen molar-refractivity contribution in [2.45, 2.75) is 53.0 Å². The van der Waals surface area contributed by atoms with Gasteiger partial charge in [0.25, 0.3) is 0 Å². The molecule has 1 heterocycles. The quantitative estimate of drug-likeness (QED) is 0.791. The van der Waals surface area contributed by atoms with E-state index >= 15 is 0 Å². The van der Waals surface area contributed by atoms with Crippen LogP contribution in [0.2, 0.25) is 0 Å². The lowest BCUT2D eigenvalue weighted by atomic mass is 9.89. The van der Waals surface area contributed by atoms with E-state index in [1.54, 1.807) is 0 Å². The van der Waals surface area contributed by atoms with Gasteiger partial charge < -0.3 is 15.3 Å². The van der Waals surface area contributed by atoms with Crippen LogP contribution < -0.4 is 5.32 Å². The highest BCUT2D eigenvalue weighted by atomic mass is 16.3. The van der Waals surface area contributed by atoms with Crippen LogP contribution in [0.1, 0.15) is 47.5 Å². The third-order valence-electron chi connectivity index (χ3n) is 3.71. The molecule has 0 spiro atoms. The molecule has 1 aliphatic rings. The number of nitrogens with one attached hydrogen (secondary N) is 1. The number of aliphatic hydroxyl groups is 1. The molecule has 3 heteroatoms. The number of likely N-dealkylation sites (tertiary alicyclic amines) is 1. The highest BCUT2D eigenvalue weighted by Crippen LogP contribution is 2.22. The van der Waals surface area contributed by atoms with Gasteiger partial charge in [0.2, 0.25) is 0 Å². The van der Waals surface area contributed by atoms with E-state index in [0.29, 0.717) is 17.9 Å². The van der Waals surface area contributed by atoms with Crippen molar-refractivity contribution in [3.63, 3.8) is 0 Å². The standard InChI is InChI=1S/C15H32N2O/c1-14(2,3)16-11-15(4,5)12-17-8-6-13(10-18)7-9-17/h13,16,18H,6-12H2,1-5H3. The summed E-state index contributed by atoms with van der Waals surface area (Å²) in [6.45, 7) is 16.2. The fourth-order valence-corrected chi connectivity index (χ4v) is 2.49. The highest BCUT2D eigenvalue weighted by Gasteiger charge is 2.26. The predicted octanol–water partition coefficient (Wildman–Crippen LogP) is 2.10. The van der Waals surface area contributed by atoms with Crippen molar-refractivity contribution in [1.82, 2.24) is 10.2 Å². The maximum absolute atomic E-state index is 9.16. The van der Waals surface area contributed by atoms with Gasteiger partial charge in [-0.3, -0.25) is 0 Å². The molecule has 0 radical (unpaired) electrons. The summed E-state index contributed by atoms with van der Waals surface area (Å²) >= 11 is 0. The Hall–Kier alpha value is -0.120. The van der Waals surface area contributed by atoms with Crippen LogP contribution >= 0.6 is 0 Å². The van der Waals surface area contributed by atoms with Crippen molar-refractivity contribution in [3.05, 3.63) is 0 Å². The van der Waals surface area contributed by atoms with Gasteiger partial charge in [-0.2, -0.15) is 0 Å². The van der Waals surface area contributed by atoms with E-state index in [4.69, 9.17) is 5.11 Å². The molecule has 1 fully saturated rings. The molecule has 0 atom stereocenters. The first-order valence-corrected chi connectivity index (χ1v) is 7.30. The van der Waals surface area contributed by atoms with Crippen molar-refractivity contribution < 1.29 is 5.11 Å². The number of nitrogens with zero attached hydrogens (tertiary/aromatic N) is 1. The molecule has 0 aliphatic carbocycles. The van der Waals surface area contributed by atoms with Crippen molar-refractivity contribution in [2.75, 3.05) is 32.8 Å². The van der Waals surface area contributed by atoms with Gasteiger partial charge in [-0.25, -0.2) is 0 Å². The zero-order valence-corrected chi connectivity index (χ0v) is 12.9. The van der Waals surface area contributed by atoms with Crippen LogP contribution in [0.5, 0.6) is 0 Å². The average Bonchev–Trinajstić information content (AvgIpc) is 2.26. The van der Waals surface area contributed by atoms with Gasteiger partial charge >= 0.3 is 0 Å². The zero-order valence-electron chi connectivity index (χ0n) is 12.9. The van der Waals surface area contributed by atoms with Gasteiger partial charge in [-0.05, 0) is 58.0 Å². The summed E-state index contributed by atoms with van der Waals surface area (Å²) in [4.78, 5) is 2.55. The average molecular weight is 256 g/mol. The van der Waals surface area contributed by atoms with Gasteiger partial charge in [0.15, 0.2) is 0 Å². The summed E-state index contributed by atoms with van der Waals surface area (Å²) in [5, 5.41) is 12.8. The number of hydrogen-bond acceptors (Lipinski definition) is 3. The topological polar surface area (TPSA) is 35.5 Å². The van der Waals surface area contributed by atoms with Crippen LogP contribution in [-0.4, -0.2) is 48.3 Å². The first-order chi connectivity index (χ1) is 8.22. The molecule has 0 aromatic carbocycles. The predicted molar refractivity (Wildman–Crippen MR) is 77.8 cm³/mol. The molecule has 18 heavy (non-hydrogen) atoms. The van der Waals surface area contributed by atoms with Gasteiger partial charge in [-0.15, -0.1) is 0 Å². The number of rotatable bonds is 5. The molecule has 108 valence electrons.